The van der Waals surface area contributed by atoms with Crippen LogP contribution in [0.2, 0.25) is 9.36 Å². The van der Waals surface area contributed by atoms with Gasteiger partial charge in [-0.3, -0.25) is 0 Å². The molecule has 180 valence electrons. The Morgan fingerprint density at radius 3 is 1.44 bits per heavy atom. The van der Waals surface area contributed by atoms with Gasteiger partial charge in [0, 0.05) is 0 Å². The predicted molar refractivity (Wildman–Crippen MR) is 153 cm³/mol. The average molecular weight is 635 g/mol. The molecule has 0 aromatic heterocycles. The minimum absolute atomic E-state index is 0.0394. The first-order valence-corrected chi connectivity index (χ1v) is 25.2. The van der Waals surface area contributed by atoms with E-state index in [2.05, 4.69) is 110 Å². The van der Waals surface area contributed by atoms with E-state index in [1.54, 1.807) is 44.5 Å². The van der Waals surface area contributed by atoms with Gasteiger partial charge in [0.05, 0.1) is 0 Å². The van der Waals surface area contributed by atoms with Crippen LogP contribution in [0, 0.1) is 5.41 Å². The molecule has 2 atom stereocenters. The molecule has 0 nitrogen and oxygen atoms in total. The SMILES string of the molecule is CCC1=C2c3c(ccc4ccccc34)[CH]1[Hf]([CH3])([CH3])[CH]1C(CC)=C(c3c1ccc1ccccc31)C2(C)C. The van der Waals surface area contributed by atoms with Gasteiger partial charge in [0.2, 0.25) is 0 Å². The fraction of sp³-hybridized carbons (Fsp3) is 0.314. The van der Waals surface area contributed by atoms with Crippen LogP contribution in [0.3, 0.4) is 0 Å². The molecule has 3 aliphatic rings. The summed E-state index contributed by atoms with van der Waals surface area (Å²) in [6, 6.07) is 28.1. The van der Waals surface area contributed by atoms with Gasteiger partial charge in [0.25, 0.3) is 0 Å². The maximum absolute atomic E-state index is 3.04. The maximum atomic E-state index is 2.79. The zero-order valence-corrected chi connectivity index (χ0v) is 26.1. The van der Waals surface area contributed by atoms with Gasteiger partial charge < -0.3 is 0 Å². The molecule has 0 spiro atoms. The van der Waals surface area contributed by atoms with Gasteiger partial charge in [0.1, 0.15) is 0 Å². The third kappa shape index (κ3) is 2.68. The molecule has 2 unspecified atom stereocenters. The summed E-state index contributed by atoms with van der Waals surface area (Å²) in [5.41, 5.74) is 13.3. The van der Waals surface area contributed by atoms with Crippen molar-refractivity contribution in [2.45, 2.75) is 57.2 Å². The first kappa shape index (κ1) is 22.9. The number of benzene rings is 4. The van der Waals surface area contributed by atoms with Crippen molar-refractivity contribution in [2.24, 2.45) is 5.41 Å². The fourth-order valence-corrected chi connectivity index (χ4v) is 26.4. The number of hydrogen-bond donors (Lipinski definition) is 0. The molecule has 0 amide bonds. The van der Waals surface area contributed by atoms with Gasteiger partial charge in [-0.25, -0.2) is 0 Å². The average Bonchev–Trinajstić information content (AvgIpc) is 3.44. The van der Waals surface area contributed by atoms with E-state index in [-0.39, 0.29) is 5.41 Å². The van der Waals surface area contributed by atoms with Crippen molar-refractivity contribution in [1.82, 2.24) is 0 Å². The summed E-state index contributed by atoms with van der Waals surface area (Å²) in [7, 11) is 0. The Labute approximate surface area is 220 Å². The summed E-state index contributed by atoms with van der Waals surface area (Å²) >= 11 is -3.04. The molecule has 4 aromatic rings. The van der Waals surface area contributed by atoms with Crippen LogP contribution < -0.4 is 0 Å². The van der Waals surface area contributed by atoms with Crippen molar-refractivity contribution in [3.05, 3.63) is 106 Å². The second-order valence-corrected chi connectivity index (χ2v) is 29.6. The second-order valence-electron chi connectivity index (χ2n) is 12.3. The van der Waals surface area contributed by atoms with E-state index >= 15 is 0 Å². The molecule has 36 heavy (non-hydrogen) atoms. The molecule has 0 radical (unpaired) electrons. The van der Waals surface area contributed by atoms with Gasteiger partial charge in [-0.1, -0.05) is 0 Å². The zero-order valence-electron chi connectivity index (χ0n) is 22.5. The van der Waals surface area contributed by atoms with E-state index in [1.165, 1.54) is 21.5 Å². The van der Waals surface area contributed by atoms with Crippen LogP contribution in [0.15, 0.2) is 83.9 Å². The van der Waals surface area contributed by atoms with Crippen LogP contribution in [0.25, 0.3) is 32.7 Å². The van der Waals surface area contributed by atoms with Crippen molar-refractivity contribution in [2.75, 3.05) is 0 Å². The van der Waals surface area contributed by atoms with Crippen molar-refractivity contribution in [3.8, 4) is 0 Å². The van der Waals surface area contributed by atoms with Crippen LogP contribution in [0.4, 0.5) is 0 Å². The Hall–Kier alpha value is -2.25. The van der Waals surface area contributed by atoms with E-state index < -0.39 is 20.0 Å². The first-order chi connectivity index (χ1) is 17.3. The standard InChI is InChI=1S/C33H30.2CH3.Hf/c1-5-21-19-25-17-15-23-11-7-9-13-27(23)29(25)31(21)33(3,4)32-22(6-2)20-26-18-16-24-12-8-10-14-28(24)30(26)32;;;/h7-20H,5-6H2,1-4H3;2*1H3;. The monoisotopic (exact) mass is 636 g/mol. The Bertz CT molecular complexity index is 1540. The quantitative estimate of drug-likeness (QED) is 0.193. The first-order valence-electron chi connectivity index (χ1n) is 13.8. The minimum atomic E-state index is -3.04. The molecule has 1 heterocycles. The molecule has 2 aliphatic carbocycles. The van der Waals surface area contributed by atoms with Gasteiger partial charge in [0.15, 0.2) is 0 Å². The molecule has 7 rings (SSSR count). The summed E-state index contributed by atoms with van der Waals surface area (Å²) in [4.78, 5) is 0. The number of fused-ring (bicyclic) bond motifs is 12. The third-order valence-electron chi connectivity index (χ3n) is 9.88. The Morgan fingerprint density at radius 2 is 1.03 bits per heavy atom. The number of hydrogen-bond acceptors (Lipinski definition) is 0. The predicted octanol–water partition coefficient (Wildman–Crippen LogP) is 10.4. The molecule has 0 saturated carbocycles. The van der Waals surface area contributed by atoms with Crippen LogP contribution in [-0.4, -0.2) is 0 Å². The van der Waals surface area contributed by atoms with Gasteiger partial charge in [-0.05, 0) is 0 Å². The number of allylic oxidation sites excluding steroid dienone is 4. The van der Waals surface area contributed by atoms with Crippen LogP contribution >= 0.6 is 0 Å². The molecule has 0 N–H and O–H groups in total. The molecule has 1 aliphatic heterocycles. The van der Waals surface area contributed by atoms with E-state index in [0.29, 0.717) is 7.35 Å². The summed E-state index contributed by atoms with van der Waals surface area (Å²) in [6.07, 6.45) is 2.32. The van der Waals surface area contributed by atoms with Gasteiger partial charge >= 0.3 is 222 Å². The van der Waals surface area contributed by atoms with E-state index in [9.17, 15) is 0 Å². The summed E-state index contributed by atoms with van der Waals surface area (Å²) < 4.78 is 6.88. The zero-order chi connectivity index (χ0) is 25.0. The normalized spacial score (nSPS) is 23.2. The molecule has 1 heteroatoms. The molecular weight excluding hydrogens is 599 g/mol. The fourth-order valence-electron chi connectivity index (χ4n) is 8.78. The van der Waals surface area contributed by atoms with Crippen LogP contribution in [0.1, 0.15) is 70.1 Å². The summed E-state index contributed by atoms with van der Waals surface area (Å²) in [5, 5.41) is 5.70. The van der Waals surface area contributed by atoms with Gasteiger partial charge in [-0.15, -0.1) is 0 Å². The van der Waals surface area contributed by atoms with Crippen LogP contribution in [-0.2, 0) is 20.0 Å². The van der Waals surface area contributed by atoms with E-state index in [1.807, 2.05) is 0 Å². The van der Waals surface area contributed by atoms with Crippen molar-refractivity contribution < 1.29 is 20.0 Å². The molecule has 4 bridgehead atoms. The van der Waals surface area contributed by atoms with Crippen molar-refractivity contribution in [1.29, 1.82) is 0 Å². The van der Waals surface area contributed by atoms with E-state index in [4.69, 9.17) is 0 Å². The van der Waals surface area contributed by atoms with Crippen molar-refractivity contribution >= 4 is 32.7 Å². The molecule has 0 saturated heterocycles. The molecule has 4 aromatic carbocycles. The molecular formula is C35H36Hf. The Balaban J connectivity index is 1.67. The number of rotatable bonds is 2. The summed E-state index contributed by atoms with van der Waals surface area (Å²) in [5.74, 6) is 0. The third-order valence-corrected chi connectivity index (χ3v) is 25.3. The molecule has 0 fully saturated rings. The second kappa shape index (κ2) is 7.64. The van der Waals surface area contributed by atoms with Crippen LogP contribution in [0.5, 0.6) is 0 Å². The van der Waals surface area contributed by atoms with Gasteiger partial charge in [-0.2, -0.15) is 0 Å². The van der Waals surface area contributed by atoms with Crippen molar-refractivity contribution in [3.63, 3.8) is 0 Å². The Kier molecular flexibility index (Phi) is 4.86. The topological polar surface area (TPSA) is 0 Å². The van der Waals surface area contributed by atoms with E-state index in [0.717, 1.165) is 12.8 Å². The summed E-state index contributed by atoms with van der Waals surface area (Å²) in [6.45, 7) is 9.97. The Morgan fingerprint density at radius 1 is 0.611 bits per heavy atom.